The Balaban J connectivity index is 2.33. The average Bonchev–Trinajstić information content (AvgIpc) is 2.53. The molecule has 1 fully saturated rings. The molecule has 4 unspecified atom stereocenters. The van der Waals surface area contributed by atoms with E-state index < -0.39 is 0 Å². The van der Waals surface area contributed by atoms with Gasteiger partial charge in [0.05, 0.1) is 0 Å². The van der Waals surface area contributed by atoms with Gasteiger partial charge in [0.15, 0.2) is 0 Å². The molecule has 0 radical (unpaired) electrons. The summed E-state index contributed by atoms with van der Waals surface area (Å²) in [5.74, 6) is 3.16. The molecule has 0 spiro atoms. The summed E-state index contributed by atoms with van der Waals surface area (Å²) in [5, 5.41) is 0.747. The van der Waals surface area contributed by atoms with Gasteiger partial charge in [-0.1, -0.05) is 65.0 Å². The monoisotopic (exact) mass is 332 g/mol. The summed E-state index contributed by atoms with van der Waals surface area (Å²) < 4.78 is 0. The first kappa shape index (κ1) is 18.9. The summed E-state index contributed by atoms with van der Waals surface area (Å²) in [6, 6.07) is 11.3. The van der Waals surface area contributed by atoms with Crippen molar-refractivity contribution in [3.05, 3.63) is 35.9 Å². The van der Waals surface area contributed by atoms with Crippen LogP contribution in [0.3, 0.4) is 0 Å². The van der Waals surface area contributed by atoms with Crippen LogP contribution < -0.4 is 0 Å². The maximum atomic E-state index is 2.50. The zero-order valence-electron chi connectivity index (χ0n) is 16.0. The first-order valence-electron chi connectivity index (χ1n) is 9.43. The zero-order chi connectivity index (χ0) is 17.0. The zero-order valence-corrected chi connectivity index (χ0v) is 16.8. The third-order valence-corrected chi connectivity index (χ3v) is 7.83. The van der Waals surface area contributed by atoms with Gasteiger partial charge in [0, 0.05) is 5.25 Å². The molecule has 1 aliphatic carbocycles. The first-order chi connectivity index (χ1) is 10.8. The van der Waals surface area contributed by atoms with E-state index in [1.807, 2.05) is 0 Å². The van der Waals surface area contributed by atoms with Gasteiger partial charge in [-0.2, -0.15) is 11.8 Å². The van der Waals surface area contributed by atoms with Crippen molar-refractivity contribution in [3.63, 3.8) is 0 Å². The van der Waals surface area contributed by atoms with Gasteiger partial charge in [0.2, 0.25) is 0 Å². The maximum absolute atomic E-state index is 2.50. The van der Waals surface area contributed by atoms with Crippen molar-refractivity contribution in [2.24, 2.45) is 23.2 Å². The van der Waals surface area contributed by atoms with E-state index in [-0.39, 0.29) is 0 Å². The molecule has 1 aliphatic rings. The quantitative estimate of drug-likeness (QED) is 0.561. The van der Waals surface area contributed by atoms with Gasteiger partial charge in [-0.3, -0.25) is 0 Å². The summed E-state index contributed by atoms with van der Waals surface area (Å²) in [4.78, 5) is 0. The third kappa shape index (κ3) is 4.78. The molecule has 1 heteroatoms. The summed E-state index contributed by atoms with van der Waals surface area (Å²) in [6.07, 6.45) is 7.74. The van der Waals surface area contributed by atoms with Gasteiger partial charge in [-0.15, -0.1) is 0 Å². The molecule has 1 aromatic carbocycles. The van der Waals surface area contributed by atoms with Gasteiger partial charge in [0.1, 0.15) is 0 Å². The Morgan fingerprint density at radius 3 is 2.22 bits per heavy atom. The van der Waals surface area contributed by atoms with Crippen molar-refractivity contribution in [1.29, 1.82) is 0 Å². The van der Waals surface area contributed by atoms with E-state index >= 15 is 0 Å². The maximum Gasteiger partial charge on any atom is 0.0113 e. The van der Waals surface area contributed by atoms with Crippen LogP contribution in [0.2, 0.25) is 0 Å². The minimum absolute atomic E-state index is 0.403. The molecule has 0 heterocycles. The highest BCUT2D eigenvalue weighted by Crippen LogP contribution is 2.46. The summed E-state index contributed by atoms with van der Waals surface area (Å²) in [5.41, 5.74) is 1.95. The Bertz CT molecular complexity index is 464. The predicted octanol–water partition coefficient (Wildman–Crippen LogP) is 7.01. The van der Waals surface area contributed by atoms with Gasteiger partial charge >= 0.3 is 0 Å². The molecule has 0 amide bonds. The Morgan fingerprint density at radius 1 is 0.957 bits per heavy atom. The van der Waals surface area contributed by atoms with Crippen LogP contribution >= 0.6 is 11.8 Å². The van der Waals surface area contributed by atoms with E-state index in [4.69, 9.17) is 0 Å². The molecule has 1 saturated carbocycles. The number of thioether (sulfide) groups is 1. The number of hydrogen-bond acceptors (Lipinski definition) is 1. The molecule has 23 heavy (non-hydrogen) atoms. The van der Waals surface area contributed by atoms with E-state index in [9.17, 15) is 0 Å². The SMILES string of the molecule is CSC1CCC(C)C(C)C[C@H](C)C(C)(C)CC1c1ccccc1. The average molecular weight is 333 g/mol. The number of hydrogen-bond donors (Lipinski definition) is 0. The lowest BCUT2D eigenvalue weighted by atomic mass is 9.66. The second-order valence-corrected chi connectivity index (χ2v) is 9.73. The Kier molecular flexibility index (Phi) is 6.66. The second-order valence-electron chi connectivity index (χ2n) is 8.65. The first-order valence-corrected chi connectivity index (χ1v) is 10.7. The van der Waals surface area contributed by atoms with Crippen LogP contribution in [0.15, 0.2) is 30.3 Å². The molecule has 2 rings (SSSR count). The molecule has 0 aliphatic heterocycles. The molecule has 0 aromatic heterocycles. The molecule has 0 N–H and O–H groups in total. The minimum atomic E-state index is 0.403. The van der Waals surface area contributed by atoms with Crippen LogP contribution in [-0.4, -0.2) is 11.5 Å². The summed E-state index contributed by atoms with van der Waals surface area (Å²) >= 11 is 2.09. The summed E-state index contributed by atoms with van der Waals surface area (Å²) in [6.45, 7) is 12.4. The number of benzene rings is 1. The molecular formula is C22H36S. The van der Waals surface area contributed by atoms with Crippen LogP contribution in [0.5, 0.6) is 0 Å². The second kappa shape index (κ2) is 8.10. The van der Waals surface area contributed by atoms with Crippen molar-refractivity contribution < 1.29 is 0 Å². The Labute approximate surface area is 148 Å². The van der Waals surface area contributed by atoms with E-state index in [0.29, 0.717) is 11.3 Å². The molecule has 0 saturated heterocycles. The van der Waals surface area contributed by atoms with Crippen LogP contribution in [-0.2, 0) is 0 Å². The van der Waals surface area contributed by atoms with Gasteiger partial charge < -0.3 is 0 Å². The highest BCUT2D eigenvalue weighted by atomic mass is 32.2. The fourth-order valence-electron chi connectivity index (χ4n) is 4.24. The van der Waals surface area contributed by atoms with Gasteiger partial charge in [-0.05, 0) is 66.6 Å². The smallest absolute Gasteiger partial charge is 0.0113 e. The molecule has 0 nitrogen and oxygen atoms in total. The molecule has 1 aromatic rings. The van der Waals surface area contributed by atoms with Crippen LogP contribution in [0.1, 0.15) is 71.8 Å². The van der Waals surface area contributed by atoms with Crippen LogP contribution in [0.25, 0.3) is 0 Å². The van der Waals surface area contributed by atoms with Crippen LogP contribution in [0, 0.1) is 23.2 Å². The van der Waals surface area contributed by atoms with Crippen LogP contribution in [0.4, 0.5) is 0 Å². The van der Waals surface area contributed by atoms with E-state index in [0.717, 1.165) is 23.0 Å². The van der Waals surface area contributed by atoms with Gasteiger partial charge in [-0.25, -0.2) is 0 Å². The highest BCUT2D eigenvalue weighted by molar-refractivity contribution is 7.99. The lowest BCUT2D eigenvalue weighted by Gasteiger charge is -2.41. The van der Waals surface area contributed by atoms with Crippen molar-refractivity contribution in [1.82, 2.24) is 0 Å². The largest absolute Gasteiger partial charge is 0.161 e. The lowest BCUT2D eigenvalue weighted by molar-refractivity contribution is 0.139. The van der Waals surface area contributed by atoms with E-state index in [1.165, 1.54) is 25.7 Å². The summed E-state index contributed by atoms with van der Waals surface area (Å²) in [7, 11) is 0. The van der Waals surface area contributed by atoms with E-state index in [2.05, 4.69) is 83.0 Å². The fourth-order valence-corrected chi connectivity index (χ4v) is 5.19. The van der Waals surface area contributed by atoms with E-state index in [1.54, 1.807) is 5.56 Å². The normalized spacial score (nSPS) is 35.7. The van der Waals surface area contributed by atoms with Crippen molar-refractivity contribution in [2.75, 3.05) is 6.26 Å². The molecule has 0 bridgehead atoms. The lowest BCUT2D eigenvalue weighted by Crippen LogP contribution is -2.32. The third-order valence-electron chi connectivity index (χ3n) is 6.66. The number of rotatable bonds is 2. The van der Waals surface area contributed by atoms with Crippen molar-refractivity contribution in [2.45, 2.75) is 71.5 Å². The topological polar surface area (TPSA) is 0 Å². The van der Waals surface area contributed by atoms with Crippen molar-refractivity contribution >= 4 is 11.8 Å². The standard InChI is InChI=1S/C22H36S/c1-16-12-13-21(23-6)20(19-10-8-7-9-11-19)15-22(4,5)18(3)14-17(16)2/h7-11,16-18,20-21H,12-15H2,1-6H3/t16?,17?,18-,20?,21?/m0/s1. The Morgan fingerprint density at radius 2 is 1.61 bits per heavy atom. The predicted molar refractivity (Wildman–Crippen MR) is 106 cm³/mol. The molecular weight excluding hydrogens is 296 g/mol. The molecule has 5 atom stereocenters. The van der Waals surface area contributed by atoms with Crippen molar-refractivity contribution in [3.8, 4) is 0 Å². The fraction of sp³-hybridized carbons (Fsp3) is 0.727. The highest BCUT2D eigenvalue weighted by Gasteiger charge is 2.35. The minimum Gasteiger partial charge on any atom is -0.161 e. The molecule has 130 valence electrons. The van der Waals surface area contributed by atoms with Gasteiger partial charge in [0.25, 0.3) is 0 Å². The Hall–Kier alpha value is -0.430.